The van der Waals surface area contributed by atoms with E-state index in [2.05, 4.69) is 5.32 Å². The fourth-order valence-corrected chi connectivity index (χ4v) is 4.55. The summed E-state index contributed by atoms with van der Waals surface area (Å²) in [6, 6.07) is 11.7. The smallest absolute Gasteiger partial charge is 0.292 e. The summed E-state index contributed by atoms with van der Waals surface area (Å²) < 4.78 is 27.1. The first-order chi connectivity index (χ1) is 12.8. The molecule has 1 fully saturated rings. The zero-order valence-electron chi connectivity index (χ0n) is 15.3. The Hall–Kier alpha value is -2.65. The highest BCUT2D eigenvalue weighted by Crippen LogP contribution is 2.30. The summed E-state index contributed by atoms with van der Waals surface area (Å²) in [5, 5.41) is 13.9. The number of nitrogens with zero attached hydrogens (tertiary/aromatic N) is 3. The second-order valence-corrected chi connectivity index (χ2v) is 8.35. The van der Waals surface area contributed by atoms with E-state index < -0.39 is 14.9 Å². The maximum absolute atomic E-state index is 12.8. The molecule has 9 heteroatoms. The van der Waals surface area contributed by atoms with Crippen molar-refractivity contribution < 1.29 is 13.3 Å². The number of anilines is 2. The Morgan fingerprint density at radius 3 is 2.22 bits per heavy atom. The minimum Gasteiger partial charge on any atom is -0.383 e. The fraction of sp³-hybridized carbons (Fsp3) is 0.333. The normalized spacial score (nSPS) is 15.6. The standard InChI is InChI=1S/C18H22N4O4S/c1-14-3-6-16(7-4-14)27(25,26)21-11-9-20(10-12-21)15-5-8-18(22(23)24)17(13-15)19-2/h3-8,13,19H,9-12H2,1-2H3. The Balaban J connectivity index is 1.73. The molecule has 0 radical (unpaired) electrons. The van der Waals surface area contributed by atoms with Crippen molar-refractivity contribution in [2.45, 2.75) is 11.8 Å². The molecule has 1 saturated heterocycles. The van der Waals surface area contributed by atoms with E-state index in [1.54, 1.807) is 43.4 Å². The van der Waals surface area contributed by atoms with Crippen molar-refractivity contribution in [3.05, 3.63) is 58.1 Å². The van der Waals surface area contributed by atoms with Crippen LogP contribution >= 0.6 is 0 Å². The maximum atomic E-state index is 12.8. The lowest BCUT2D eigenvalue weighted by molar-refractivity contribution is -0.383. The number of benzene rings is 2. The zero-order valence-corrected chi connectivity index (χ0v) is 16.1. The molecule has 3 rings (SSSR count). The van der Waals surface area contributed by atoms with Gasteiger partial charge in [-0.3, -0.25) is 10.1 Å². The SMILES string of the molecule is CNc1cc(N2CCN(S(=O)(=O)c3ccc(C)cc3)CC2)ccc1[N+](=O)[O-]. The number of rotatable bonds is 5. The van der Waals surface area contributed by atoms with Gasteiger partial charge in [-0.05, 0) is 31.2 Å². The largest absolute Gasteiger partial charge is 0.383 e. The van der Waals surface area contributed by atoms with Crippen LogP contribution in [-0.2, 0) is 10.0 Å². The quantitative estimate of drug-likeness (QED) is 0.622. The monoisotopic (exact) mass is 390 g/mol. The van der Waals surface area contributed by atoms with Crippen molar-refractivity contribution in [3.63, 3.8) is 0 Å². The molecule has 0 aliphatic carbocycles. The van der Waals surface area contributed by atoms with Crippen molar-refractivity contribution in [1.29, 1.82) is 0 Å². The molecule has 1 aliphatic rings. The first-order valence-electron chi connectivity index (χ1n) is 8.61. The highest BCUT2D eigenvalue weighted by atomic mass is 32.2. The van der Waals surface area contributed by atoms with Gasteiger partial charge in [-0.15, -0.1) is 0 Å². The van der Waals surface area contributed by atoms with E-state index in [4.69, 9.17) is 0 Å². The third kappa shape index (κ3) is 3.88. The van der Waals surface area contributed by atoms with Crippen molar-refractivity contribution in [1.82, 2.24) is 4.31 Å². The molecule has 8 nitrogen and oxygen atoms in total. The first kappa shape index (κ1) is 19.1. The third-order valence-corrected chi connectivity index (χ3v) is 6.62. The Kier molecular flexibility index (Phi) is 5.33. The van der Waals surface area contributed by atoms with Gasteiger partial charge >= 0.3 is 0 Å². The van der Waals surface area contributed by atoms with Crippen LogP contribution in [0.3, 0.4) is 0 Å². The van der Waals surface area contributed by atoms with Crippen LogP contribution in [0.1, 0.15) is 5.56 Å². The van der Waals surface area contributed by atoms with Crippen LogP contribution < -0.4 is 10.2 Å². The summed E-state index contributed by atoms with van der Waals surface area (Å²) in [5.41, 5.74) is 2.30. The molecular formula is C18H22N4O4S. The van der Waals surface area contributed by atoms with E-state index in [1.165, 1.54) is 10.4 Å². The van der Waals surface area contributed by atoms with E-state index in [9.17, 15) is 18.5 Å². The van der Waals surface area contributed by atoms with Gasteiger partial charge in [-0.25, -0.2) is 8.42 Å². The highest BCUT2D eigenvalue weighted by Gasteiger charge is 2.29. The van der Waals surface area contributed by atoms with Gasteiger partial charge in [0.15, 0.2) is 0 Å². The lowest BCUT2D eigenvalue weighted by Crippen LogP contribution is -2.48. The molecule has 1 N–H and O–H groups in total. The number of hydrogen-bond donors (Lipinski definition) is 1. The van der Waals surface area contributed by atoms with Gasteiger partial charge in [0.2, 0.25) is 10.0 Å². The average Bonchev–Trinajstić information content (AvgIpc) is 2.67. The number of hydrogen-bond acceptors (Lipinski definition) is 6. The number of nitro groups is 1. The molecule has 1 aliphatic heterocycles. The zero-order chi connectivity index (χ0) is 19.6. The molecule has 0 unspecified atom stereocenters. The molecule has 144 valence electrons. The first-order valence-corrected chi connectivity index (χ1v) is 10.0. The Labute approximate surface area is 158 Å². The molecule has 27 heavy (non-hydrogen) atoms. The van der Waals surface area contributed by atoms with Crippen LogP contribution in [-0.4, -0.2) is 50.9 Å². The average molecular weight is 390 g/mol. The second kappa shape index (κ2) is 7.53. The maximum Gasteiger partial charge on any atom is 0.292 e. The summed E-state index contributed by atoms with van der Waals surface area (Å²) in [6.07, 6.45) is 0. The van der Waals surface area contributed by atoms with E-state index in [1.807, 2.05) is 11.8 Å². The summed E-state index contributed by atoms with van der Waals surface area (Å²) in [5.74, 6) is 0. The molecule has 1 heterocycles. The summed E-state index contributed by atoms with van der Waals surface area (Å²) in [7, 11) is -1.87. The van der Waals surface area contributed by atoms with Crippen LogP contribution in [0, 0.1) is 17.0 Å². The van der Waals surface area contributed by atoms with E-state index in [0.29, 0.717) is 36.8 Å². The number of nitrogens with one attached hydrogen (secondary N) is 1. The second-order valence-electron chi connectivity index (χ2n) is 6.41. The molecule has 0 bridgehead atoms. The molecule has 0 saturated carbocycles. The third-order valence-electron chi connectivity index (χ3n) is 4.71. The van der Waals surface area contributed by atoms with Gasteiger partial charge in [0.1, 0.15) is 5.69 Å². The van der Waals surface area contributed by atoms with Gasteiger partial charge in [-0.2, -0.15) is 4.31 Å². The predicted molar refractivity (Wildman–Crippen MR) is 105 cm³/mol. The van der Waals surface area contributed by atoms with Gasteiger partial charge < -0.3 is 10.2 Å². The van der Waals surface area contributed by atoms with E-state index in [-0.39, 0.29) is 5.69 Å². The Morgan fingerprint density at radius 2 is 1.67 bits per heavy atom. The van der Waals surface area contributed by atoms with Crippen LogP contribution in [0.15, 0.2) is 47.4 Å². The van der Waals surface area contributed by atoms with Crippen LogP contribution in [0.4, 0.5) is 17.1 Å². The van der Waals surface area contributed by atoms with Gasteiger partial charge in [-0.1, -0.05) is 17.7 Å². The minimum absolute atomic E-state index is 0.0156. The molecule has 2 aromatic carbocycles. The fourth-order valence-electron chi connectivity index (χ4n) is 3.13. The number of sulfonamides is 1. The molecular weight excluding hydrogens is 368 g/mol. The van der Waals surface area contributed by atoms with Gasteiger partial charge in [0, 0.05) is 45.0 Å². The number of piperazine rings is 1. The van der Waals surface area contributed by atoms with Crippen molar-refractivity contribution >= 4 is 27.1 Å². The number of aryl methyl sites for hydroxylation is 1. The van der Waals surface area contributed by atoms with Crippen LogP contribution in [0.5, 0.6) is 0 Å². The highest BCUT2D eigenvalue weighted by molar-refractivity contribution is 7.89. The summed E-state index contributed by atoms with van der Waals surface area (Å²) >= 11 is 0. The van der Waals surface area contributed by atoms with Crippen LogP contribution in [0.25, 0.3) is 0 Å². The topological polar surface area (TPSA) is 95.8 Å². The van der Waals surface area contributed by atoms with Crippen molar-refractivity contribution in [2.24, 2.45) is 0 Å². The molecule has 0 amide bonds. The lowest BCUT2D eigenvalue weighted by Gasteiger charge is -2.35. The number of nitro benzene ring substituents is 1. The van der Waals surface area contributed by atoms with E-state index in [0.717, 1.165) is 11.3 Å². The molecule has 0 aromatic heterocycles. The summed E-state index contributed by atoms with van der Waals surface area (Å²) in [6.45, 7) is 3.68. The minimum atomic E-state index is -3.51. The lowest BCUT2D eigenvalue weighted by atomic mass is 10.2. The van der Waals surface area contributed by atoms with Gasteiger partial charge in [0.05, 0.1) is 9.82 Å². The van der Waals surface area contributed by atoms with Crippen molar-refractivity contribution in [3.8, 4) is 0 Å². The Bertz CT molecular complexity index is 936. The van der Waals surface area contributed by atoms with Crippen molar-refractivity contribution in [2.75, 3.05) is 43.4 Å². The molecule has 2 aromatic rings. The van der Waals surface area contributed by atoms with E-state index >= 15 is 0 Å². The predicted octanol–water partition coefficient (Wildman–Crippen LogP) is 2.46. The van der Waals surface area contributed by atoms with Gasteiger partial charge in [0.25, 0.3) is 5.69 Å². The molecule has 0 atom stereocenters. The summed E-state index contributed by atoms with van der Waals surface area (Å²) in [4.78, 5) is 13.0. The molecule has 0 spiro atoms. The Morgan fingerprint density at radius 1 is 1.04 bits per heavy atom. The van der Waals surface area contributed by atoms with Crippen LogP contribution in [0.2, 0.25) is 0 Å².